The van der Waals surface area contributed by atoms with Crippen LogP contribution in [0, 0.1) is 12.3 Å². The summed E-state index contributed by atoms with van der Waals surface area (Å²) in [6.45, 7) is 2.06. The van der Waals surface area contributed by atoms with Crippen LogP contribution in [-0.2, 0) is 5.75 Å². The van der Waals surface area contributed by atoms with Crippen molar-refractivity contribution in [3.05, 3.63) is 59.2 Å². The maximum Gasteiger partial charge on any atom is 0.151 e. The Labute approximate surface area is 131 Å². The van der Waals surface area contributed by atoms with Crippen molar-refractivity contribution in [3.8, 4) is 0 Å². The normalized spacial score (nSPS) is 10.9. The van der Waals surface area contributed by atoms with Gasteiger partial charge < -0.3 is 5.73 Å². The number of amidine groups is 1. The van der Waals surface area contributed by atoms with Crippen molar-refractivity contribution < 1.29 is 0 Å². The summed E-state index contributed by atoms with van der Waals surface area (Å²) >= 11 is 3.48. The zero-order valence-electron chi connectivity index (χ0n) is 11.6. The van der Waals surface area contributed by atoms with E-state index in [1.807, 2.05) is 36.4 Å². The van der Waals surface area contributed by atoms with E-state index in [9.17, 15) is 0 Å². The van der Waals surface area contributed by atoms with Crippen molar-refractivity contribution >= 4 is 39.2 Å². The molecule has 0 unspecified atom stereocenters. The Morgan fingerprint density at radius 1 is 1.29 bits per heavy atom. The zero-order valence-corrected chi connectivity index (χ0v) is 13.2. The molecule has 3 nitrogen and oxygen atoms in total. The van der Waals surface area contributed by atoms with Crippen molar-refractivity contribution in [2.24, 2.45) is 5.73 Å². The molecular formula is C16H15N3S2. The molecule has 0 radical (unpaired) electrons. The lowest BCUT2D eigenvalue weighted by Crippen LogP contribution is -2.11. The Balaban J connectivity index is 1.76. The molecule has 106 valence electrons. The number of hydrogen-bond acceptors (Lipinski definition) is 4. The quantitative estimate of drug-likeness (QED) is 0.431. The Bertz CT molecular complexity index is 775. The van der Waals surface area contributed by atoms with Crippen molar-refractivity contribution in [1.29, 1.82) is 5.41 Å². The number of benzene rings is 2. The smallest absolute Gasteiger partial charge is 0.151 e. The van der Waals surface area contributed by atoms with E-state index in [0.29, 0.717) is 0 Å². The molecule has 0 saturated carbocycles. The van der Waals surface area contributed by atoms with E-state index in [0.717, 1.165) is 26.7 Å². The monoisotopic (exact) mass is 313 g/mol. The summed E-state index contributed by atoms with van der Waals surface area (Å²) in [5.74, 6) is 0.993. The number of nitrogens with one attached hydrogen (secondary N) is 1. The number of para-hydroxylation sites is 1. The van der Waals surface area contributed by atoms with Crippen LogP contribution in [0.3, 0.4) is 0 Å². The maximum atomic E-state index is 7.47. The number of aromatic nitrogens is 1. The molecule has 0 aliphatic rings. The van der Waals surface area contributed by atoms with Crippen LogP contribution < -0.4 is 5.73 Å². The van der Waals surface area contributed by atoms with Crippen molar-refractivity contribution in [2.45, 2.75) is 17.0 Å². The van der Waals surface area contributed by atoms with E-state index < -0.39 is 0 Å². The molecule has 0 spiro atoms. The van der Waals surface area contributed by atoms with Gasteiger partial charge in [0.15, 0.2) is 4.34 Å². The Hall–Kier alpha value is -1.85. The Morgan fingerprint density at radius 3 is 2.81 bits per heavy atom. The Kier molecular flexibility index (Phi) is 3.94. The molecular weight excluding hydrogens is 298 g/mol. The summed E-state index contributed by atoms with van der Waals surface area (Å²) in [5, 5.41) is 7.47. The van der Waals surface area contributed by atoms with E-state index >= 15 is 0 Å². The summed E-state index contributed by atoms with van der Waals surface area (Å²) in [7, 11) is 0. The second kappa shape index (κ2) is 5.87. The SMILES string of the molecule is Cc1cc(C(=N)N)ccc1CSc1nc2ccccc2s1. The van der Waals surface area contributed by atoms with Gasteiger partial charge in [0.2, 0.25) is 0 Å². The lowest BCUT2D eigenvalue weighted by atomic mass is 10.1. The summed E-state index contributed by atoms with van der Waals surface area (Å²) < 4.78 is 2.31. The van der Waals surface area contributed by atoms with E-state index in [2.05, 4.69) is 18.0 Å². The highest BCUT2D eigenvalue weighted by Gasteiger charge is 2.06. The van der Waals surface area contributed by atoms with Crippen molar-refractivity contribution in [2.75, 3.05) is 0 Å². The van der Waals surface area contributed by atoms with Crippen molar-refractivity contribution in [3.63, 3.8) is 0 Å². The lowest BCUT2D eigenvalue weighted by Gasteiger charge is -2.06. The third-order valence-electron chi connectivity index (χ3n) is 3.28. The minimum Gasteiger partial charge on any atom is -0.384 e. The third kappa shape index (κ3) is 3.09. The van der Waals surface area contributed by atoms with Crippen LogP contribution in [0.5, 0.6) is 0 Å². The maximum absolute atomic E-state index is 7.47. The molecule has 0 atom stereocenters. The first-order chi connectivity index (χ1) is 10.1. The number of rotatable bonds is 4. The van der Waals surface area contributed by atoms with Crippen LogP contribution in [-0.4, -0.2) is 10.8 Å². The first-order valence-electron chi connectivity index (χ1n) is 6.56. The number of fused-ring (bicyclic) bond motifs is 1. The van der Waals surface area contributed by atoms with Gasteiger partial charge in [0.05, 0.1) is 10.2 Å². The molecule has 5 heteroatoms. The molecule has 1 heterocycles. The van der Waals surface area contributed by atoms with Gasteiger partial charge in [-0.15, -0.1) is 11.3 Å². The fourth-order valence-electron chi connectivity index (χ4n) is 2.08. The van der Waals surface area contributed by atoms with Gasteiger partial charge in [0.1, 0.15) is 5.84 Å². The van der Waals surface area contributed by atoms with Gasteiger partial charge in [-0.05, 0) is 36.2 Å². The standard InChI is InChI=1S/C16H15N3S2/c1-10-8-11(15(17)18)6-7-12(10)9-20-16-19-13-4-2-3-5-14(13)21-16/h2-8H,9H2,1H3,(H3,17,18). The average Bonchev–Trinajstić information content (AvgIpc) is 2.88. The molecule has 1 aromatic heterocycles. The van der Waals surface area contributed by atoms with Gasteiger partial charge in [-0.25, -0.2) is 4.98 Å². The second-order valence-corrected chi connectivity index (χ2v) is 7.04. The first kappa shape index (κ1) is 14.1. The fourth-order valence-corrected chi connectivity index (χ4v) is 4.22. The lowest BCUT2D eigenvalue weighted by molar-refractivity contribution is 1.26. The topological polar surface area (TPSA) is 62.8 Å². The third-order valence-corrected chi connectivity index (χ3v) is 5.51. The number of aryl methyl sites for hydroxylation is 1. The minimum atomic E-state index is 0.114. The van der Waals surface area contributed by atoms with Crippen LogP contribution in [0.25, 0.3) is 10.2 Å². The highest BCUT2D eigenvalue weighted by molar-refractivity contribution is 8.00. The number of thioether (sulfide) groups is 1. The van der Waals surface area contributed by atoms with Gasteiger partial charge in [-0.3, -0.25) is 5.41 Å². The van der Waals surface area contributed by atoms with E-state index in [1.165, 1.54) is 10.3 Å². The number of thiazole rings is 1. The van der Waals surface area contributed by atoms with Gasteiger partial charge in [-0.2, -0.15) is 0 Å². The van der Waals surface area contributed by atoms with Crippen LogP contribution >= 0.6 is 23.1 Å². The molecule has 2 aromatic carbocycles. The predicted molar refractivity (Wildman–Crippen MR) is 91.4 cm³/mol. The molecule has 0 aliphatic carbocycles. The van der Waals surface area contributed by atoms with Crippen LogP contribution in [0.1, 0.15) is 16.7 Å². The van der Waals surface area contributed by atoms with Crippen LogP contribution in [0.2, 0.25) is 0 Å². The summed E-state index contributed by atoms with van der Waals surface area (Å²) in [6, 6.07) is 14.1. The summed E-state index contributed by atoms with van der Waals surface area (Å²) in [5.41, 5.74) is 9.77. The van der Waals surface area contributed by atoms with Crippen LogP contribution in [0.4, 0.5) is 0 Å². The Morgan fingerprint density at radius 2 is 2.10 bits per heavy atom. The molecule has 0 saturated heterocycles. The number of nitrogens with zero attached hydrogens (tertiary/aromatic N) is 1. The molecule has 0 amide bonds. The number of nitrogens with two attached hydrogens (primary N) is 1. The first-order valence-corrected chi connectivity index (χ1v) is 8.36. The number of nitrogen functional groups attached to an aromatic ring is 1. The predicted octanol–water partition coefficient (Wildman–Crippen LogP) is 4.18. The summed E-state index contributed by atoms with van der Waals surface area (Å²) in [4.78, 5) is 4.63. The molecule has 3 aromatic rings. The largest absolute Gasteiger partial charge is 0.384 e. The van der Waals surface area contributed by atoms with E-state index in [4.69, 9.17) is 11.1 Å². The average molecular weight is 313 g/mol. The van der Waals surface area contributed by atoms with E-state index in [1.54, 1.807) is 23.1 Å². The van der Waals surface area contributed by atoms with E-state index in [-0.39, 0.29) is 5.84 Å². The van der Waals surface area contributed by atoms with Gasteiger partial charge in [0.25, 0.3) is 0 Å². The van der Waals surface area contributed by atoms with Gasteiger partial charge in [-0.1, -0.05) is 36.0 Å². The highest BCUT2D eigenvalue weighted by Crippen LogP contribution is 2.32. The second-order valence-electron chi connectivity index (χ2n) is 4.79. The fraction of sp³-hybridized carbons (Fsp3) is 0.125. The van der Waals surface area contributed by atoms with Crippen LogP contribution in [0.15, 0.2) is 46.8 Å². The molecule has 3 N–H and O–H groups in total. The molecule has 3 rings (SSSR count). The molecule has 0 aliphatic heterocycles. The zero-order chi connectivity index (χ0) is 14.8. The summed E-state index contributed by atoms with van der Waals surface area (Å²) in [6.07, 6.45) is 0. The molecule has 0 bridgehead atoms. The van der Waals surface area contributed by atoms with Crippen molar-refractivity contribution in [1.82, 2.24) is 4.98 Å². The highest BCUT2D eigenvalue weighted by atomic mass is 32.2. The molecule has 0 fully saturated rings. The van der Waals surface area contributed by atoms with Gasteiger partial charge >= 0.3 is 0 Å². The van der Waals surface area contributed by atoms with Gasteiger partial charge in [0, 0.05) is 11.3 Å². The molecule has 21 heavy (non-hydrogen) atoms. The number of hydrogen-bond donors (Lipinski definition) is 2. The minimum absolute atomic E-state index is 0.114.